The maximum atomic E-state index is 13.2. The van der Waals surface area contributed by atoms with Gasteiger partial charge in [0.05, 0.1) is 7.11 Å². The lowest BCUT2D eigenvalue weighted by atomic mass is 9.53. The molecule has 3 aliphatic rings. The maximum Gasteiger partial charge on any atom is 0.511 e. The summed E-state index contributed by atoms with van der Waals surface area (Å²) in [5.41, 5.74) is -3.37. The number of rotatable bonds is 2. The molecule has 2 bridgehead atoms. The largest absolute Gasteiger partial charge is 0.511 e. The standard InChI is InChI=1S/C18H22F3NO3S/c1-25-13-6-5-12-10-16-14-4-2-3-7-17(14,15(12)11-13)8-9-22(16)26(23,24)18(19,20)21/h5-6,11,14,16H,2-4,7-10H2,1H3/t14-,16+,17+/m0/s1. The van der Waals surface area contributed by atoms with E-state index in [9.17, 15) is 21.6 Å². The highest BCUT2D eigenvalue weighted by Crippen LogP contribution is 2.57. The summed E-state index contributed by atoms with van der Waals surface area (Å²) in [6.07, 6.45) is 4.39. The number of hydrogen-bond donors (Lipinski definition) is 0. The minimum absolute atomic E-state index is 0.0678. The summed E-state index contributed by atoms with van der Waals surface area (Å²) in [5, 5.41) is 0. The molecular weight excluding hydrogens is 367 g/mol. The fourth-order valence-electron chi connectivity index (χ4n) is 5.51. The number of piperidine rings is 1. The second-order valence-electron chi connectivity index (χ2n) is 7.61. The van der Waals surface area contributed by atoms with Gasteiger partial charge in [-0.1, -0.05) is 18.9 Å². The first kappa shape index (κ1) is 18.1. The molecule has 2 aliphatic carbocycles. The zero-order chi connectivity index (χ0) is 18.7. The fraction of sp³-hybridized carbons (Fsp3) is 0.667. The molecule has 2 fully saturated rings. The number of hydrogen-bond acceptors (Lipinski definition) is 3. The Kier molecular flexibility index (Phi) is 4.08. The molecule has 0 spiro atoms. The summed E-state index contributed by atoms with van der Waals surface area (Å²) in [5.74, 6) is 0.674. The summed E-state index contributed by atoms with van der Waals surface area (Å²) in [7, 11) is -3.71. The van der Waals surface area contributed by atoms with Gasteiger partial charge in [0, 0.05) is 18.0 Å². The van der Waals surface area contributed by atoms with Crippen molar-refractivity contribution in [3.05, 3.63) is 29.3 Å². The van der Waals surface area contributed by atoms with E-state index >= 15 is 0 Å². The van der Waals surface area contributed by atoms with Crippen LogP contribution in [0.2, 0.25) is 0 Å². The highest BCUT2D eigenvalue weighted by Gasteiger charge is 2.60. The number of alkyl halides is 3. The van der Waals surface area contributed by atoms with Crippen LogP contribution >= 0.6 is 0 Å². The van der Waals surface area contributed by atoms with Gasteiger partial charge in [-0.25, -0.2) is 8.42 Å². The second-order valence-corrected chi connectivity index (χ2v) is 9.50. The van der Waals surface area contributed by atoms with Crippen molar-refractivity contribution >= 4 is 10.0 Å². The molecule has 0 N–H and O–H groups in total. The zero-order valence-electron chi connectivity index (χ0n) is 14.6. The lowest BCUT2D eigenvalue weighted by Gasteiger charge is -2.58. The fourth-order valence-corrected chi connectivity index (χ4v) is 6.68. The quantitative estimate of drug-likeness (QED) is 0.776. The van der Waals surface area contributed by atoms with Crippen LogP contribution in [0.25, 0.3) is 0 Å². The summed E-state index contributed by atoms with van der Waals surface area (Å²) in [6, 6.07) is 5.09. The van der Waals surface area contributed by atoms with Crippen LogP contribution in [0.15, 0.2) is 18.2 Å². The van der Waals surface area contributed by atoms with Crippen molar-refractivity contribution in [3.63, 3.8) is 0 Å². The van der Waals surface area contributed by atoms with Gasteiger partial charge in [-0.05, 0) is 54.9 Å². The molecule has 0 radical (unpaired) electrons. The maximum absolute atomic E-state index is 13.2. The Hall–Kier alpha value is -1.28. The van der Waals surface area contributed by atoms with Crippen LogP contribution in [0, 0.1) is 5.92 Å². The molecule has 0 amide bonds. The number of halogens is 3. The highest BCUT2D eigenvalue weighted by atomic mass is 32.2. The van der Waals surface area contributed by atoms with Gasteiger partial charge in [0.15, 0.2) is 0 Å². The normalized spacial score (nSPS) is 31.8. The third kappa shape index (κ3) is 2.41. The van der Waals surface area contributed by atoms with Crippen molar-refractivity contribution in [2.24, 2.45) is 5.92 Å². The Morgan fingerprint density at radius 1 is 1.23 bits per heavy atom. The lowest BCUT2D eigenvalue weighted by molar-refractivity contribution is -0.0567. The van der Waals surface area contributed by atoms with Crippen LogP contribution < -0.4 is 4.74 Å². The van der Waals surface area contributed by atoms with Crippen LogP contribution in [0.5, 0.6) is 5.75 Å². The van der Waals surface area contributed by atoms with Gasteiger partial charge in [0.1, 0.15) is 5.75 Å². The van der Waals surface area contributed by atoms with E-state index in [0.29, 0.717) is 12.8 Å². The van der Waals surface area contributed by atoms with Crippen molar-refractivity contribution < 1.29 is 26.3 Å². The van der Waals surface area contributed by atoms with E-state index in [-0.39, 0.29) is 17.9 Å². The smallest absolute Gasteiger partial charge is 0.497 e. The Morgan fingerprint density at radius 3 is 2.69 bits per heavy atom. The third-order valence-electron chi connectivity index (χ3n) is 6.59. The SMILES string of the molecule is COc1ccc2c(c1)[C@@]13CCCC[C@H]1[C@@H](C2)N(S(=O)(=O)C(F)(F)F)CC3. The summed E-state index contributed by atoms with van der Waals surface area (Å²) in [4.78, 5) is 0. The molecule has 3 atom stereocenters. The Balaban J connectivity index is 1.84. The van der Waals surface area contributed by atoms with Crippen molar-refractivity contribution in [1.29, 1.82) is 0 Å². The van der Waals surface area contributed by atoms with Gasteiger partial charge in [-0.3, -0.25) is 0 Å². The van der Waals surface area contributed by atoms with Gasteiger partial charge in [0.25, 0.3) is 0 Å². The molecule has 1 aromatic rings. The van der Waals surface area contributed by atoms with E-state index in [1.54, 1.807) is 13.2 Å². The molecular formula is C18H22F3NO3S. The van der Waals surface area contributed by atoms with E-state index in [2.05, 4.69) is 0 Å². The molecule has 1 aliphatic heterocycles. The first-order valence-electron chi connectivity index (χ1n) is 8.96. The first-order chi connectivity index (χ1) is 12.2. The molecule has 144 valence electrons. The number of fused-ring (bicyclic) bond motifs is 1. The number of sulfonamides is 1. The van der Waals surface area contributed by atoms with Gasteiger partial charge < -0.3 is 4.74 Å². The molecule has 26 heavy (non-hydrogen) atoms. The van der Waals surface area contributed by atoms with Crippen molar-refractivity contribution in [2.75, 3.05) is 13.7 Å². The molecule has 8 heteroatoms. The Morgan fingerprint density at radius 2 is 2.00 bits per heavy atom. The van der Waals surface area contributed by atoms with Crippen molar-refractivity contribution in [1.82, 2.24) is 4.31 Å². The number of methoxy groups -OCH3 is 1. The van der Waals surface area contributed by atoms with Gasteiger partial charge in [-0.15, -0.1) is 0 Å². The number of ether oxygens (including phenoxy) is 1. The first-order valence-corrected chi connectivity index (χ1v) is 10.4. The monoisotopic (exact) mass is 389 g/mol. The minimum Gasteiger partial charge on any atom is -0.497 e. The third-order valence-corrected chi connectivity index (χ3v) is 8.25. The van der Waals surface area contributed by atoms with Crippen LogP contribution in [0.3, 0.4) is 0 Å². The van der Waals surface area contributed by atoms with Crippen molar-refractivity contribution in [3.8, 4) is 5.75 Å². The molecule has 1 aromatic carbocycles. The summed E-state index contributed by atoms with van der Waals surface area (Å²) in [6.45, 7) is -0.0698. The van der Waals surface area contributed by atoms with Crippen LogP contribution in [0.4, 0.5) is 13.2 Å². The molecule has 1 saturated carbocycles. The van der Waals surface area contributed by atoms with Crippen LogP contribution in [0.1, 0.15) is 43.2 Å². The summed E-state index contributed by atoms with van der Waals surface area (Å²) >= 11 is 0. The van der Waals surface area contributed by atoms with Gasteiger partial charge in [0.2, 0.25) is 0 Å². The van der Waals surface area contributed by atoms with Crippen LogP contribution in [-0.2, 0) is 21.9 Å². The summed E-state index contributed by atoms with van der Waals surface area (Å²) < 4.78 is 70.1. The topological polar surface area (TPSA) is 46.6 Å². The van der Waals surface area contributed by atoms with E-state index in [1.165, 1.54) is 0 Å². The average Bonchev–Trinajstić information content (AvgIpc) is 2.60. The average molecular weight is 389 g/mol. The molecule has 1 heterocycles. The second kappa shape index (κ2) is 5.86. The predicted octanol–water partition coefficient (Wildman–Crippen LogP) is 3.60. The minimum atomic E-state index is -5.31. The van der Waals surface area contributed by atoms with Crippen molar-refractivity contribution in [2.45, 2.75) is 55.5 Å². The van der Waals surface area contributed by atoms with Crippen LogP contribution in [-0.4, -0.2) is 37.9 Å². The van der Waals surface area contributed by atoms with E-state index in [4.69, 9.17) is 4.74 Å². The molecule has 0 unspecified atom stereocenters. The Bertz CT molecular complexity index is 823. The molecule has 1 saturated heterocycles. The number of nitrogens with zero attached hydrogens (tertiary/aromatic N) is 1. The highest BCUT2D eigenvalue weighted by molar-refractivity contribution is 7.90. The molecule has 4 nitrogen and oxygen atoms in total. The predicted molar refractivity (Wildman–Crippen MR) is 90.4 cm³/mol. The van der Waals surface area contributed by atoms with E-state index in [1.807, 2.05) is 12.1 Å². The van der Waals surface area contributed by atoms with E-state index in [0.717, 1.165) is 46.9 Å². The van der Waals surface area contributed by atoms with Gasteiger partial charge in [-0.2, -0.15) is 17.5 Å². The lowest BCUT2D eigenvalue weighted by Crippen LogP contribution is -2.63. The van der Waals surface area contributed by atoms with E-state index < -0.39 is 21.6 Å². The Labute approximate surface area is 151 Å². The molecule has 4 rings (SSSR count). The zero-order valence-corrected chi connectivity index (χ0v) is 15.4. The van der Waals surface area contributed by atoms with Gasteiger partial charge >= 0.3 is 15.5 Å². The number of benzene rings is 1. The molecule has 0 aromatic heterocycles.